The second-order valence-electron chi connectivity index (χ2n) is 6.49. The molecule has 1 amide bonds. The smallest absolute Gasteiger partial charge is 0.291 e. The highest BCUT2D eigenvalue weighted by atomic mass is 16.2. The van der Waals surface area contributed by atoms with Gasteiger partial charge in [0.25, 0.3) is 5.56 Å². The Morgan fingerprint density at radius 3 is 2.72 bits per heavy atom. The van der Waals surface area contributed by atoms with E-state index in [9.17, 15) is 9.59 Å². The summed E-state index contributed by atoms with van der Waals surface area (Å²) in [4.78, 5) is 27.3. The summed E-state index contributed by atoms with van der Waals surface area (Å²) in [6.45, 7) is 3.14. The first-order chi connectivity index (χ1) is 11.9. The summed E-state index contributed by atoms with van der Waals surface area (Å²) in [6, 6.07) is 7.21. The van der Waals surface area contributed by atoms with Crippen LogP contribution in [0.4, 0.5) is 0 Å². The van der Waals surface area contributed by atoms with Gasteiger partial charge in [0.2, 0.25) is 5.91 Å². The molecule has 0 fully saturated rings. The molecule has 7 heteroatoms. The van der Waals surface area contributed by atoms with E-state index in [1.807, 2.05) is 54.8 Å². The maximum absolute atomic E-state index is 12.7. The standard InChI is InChI=1S/C18H23N5O2/c1-12(17(24)19-9-10-21(2)3)23-15-8-6-5-7-13(15)14-11-20-22(4)18(25)16(14)23/h5-8,11-12H,9-10H2,1-4H3,(H,19,24). The van der Waals surface area contributed by atoms with E-state index >= 15 is 0 Å². The number of carbonyl (C=O) groups is 1. The van der Waals surface area contributed by atoms with Crippen molar-refractivity contribution in [1.82, 2.24) is 24.6 Å². The van der Waals surface area contributed by atoms with Gasteiger partial charge in [-0.2, -0.15) is 5.10 Å². The van der Waals surface area contributed by atoms with Gasteiger partial charge in [-0.05, 0) is 27.1 Å². The number of hydrogen-bond donors (Lipinski definition) is 1. The molecule has 0 aliphatic rings. The molecule has 0 bridgehead atoms. The van der Waals surface area contributed by atoms with Crippen LogP contribution in [0, 0.1) is 0 Å². The van der Waals surface area contributed by atoms with Crippen LogP contribution < -0.4 is 10.9 Å². The van der Waals surface area contributed by atoms with Crippen LogP contribution in [-0.2, 0) is 11.8 Å². The number of para-hydroxylation sites is 1. The highest BCUT2D eigenvalue weighted by Crippen LogP contribution is 2.29. The van der Waals surface area contributed by atoms with Crippen LogP contribution in [0.1, 0.15) is 13.0 Å². The minimum Gasteiger partial charge on any atom is -0.353 e. The Kier molecular flexibility index (Phi) is 4.59. The summed E-state index contributed by atoms with van der Waals surface area (Å²) in [6.07, 6.45) is 1.69. The van der Waals surface area contributed by atoms with Crippen molar-refractivity contribution in [3.63, 3.8) is 0 Å². The van der Waals surface area contributed by atoms with Gasteiger partial charge in [0, 0.05) is 30.9 Å². The molecule has 0 saturated carbocycles. The number of carbonyl (C=O) groups excluding carboxylic acids is 1. The zero-order valence-electron chi connectivity index (χ0n) is 15.0. The van der Waals surface area contributed by atoms with E-state index in [-0.39, 0.29) is 11.5 Å². The third kappa shape index (κ3) is 3.02. The van der Waals surface area contributed by atoms with E-state index in [1.54, 1.807) is 13.2 Å². The zero-order valence-corrected chi connectivity index (χ0v) is 15.0. The Labute approximate surface area is 145 Å². The average Bonchev–Trinajstić information content (AvgIpc) is 2.92. The molecule has 3 aromatic rings. The van der Waals surface area contributed by atoms with E-state index < -0.39 is 6.04 Å². The summed E-state index contributed by atoms with van der Waals surface area (Å²) in [5.41, 5.74) is 1.16. The highest BCUT2D eigenvalue weighted by Gasteiger charge is 2.22. The van der Waals surface area contributed by atoms with Crippen LogP contribution >= 0.6 is 0 Å². The molecule has 0 spiro atoms. The number of likely N-dealkylation sites (N-methyl/N-ethyl adjacent to an activating group) is 1. The molecule has 132 valence electrons. The lowest BCUT2D eigenvalue weighted by atomic mass is 10.2. The van der Waals surface area contributed by atoms with Crippen molar-refractivity contribution < 1.29 is 4.79 Å². The lowest BCUT2D eigenvalue weighted by Crippen LogP contribution is -2.36. The predicted molar refractivity (Wildman–Crippen MR) is 98.8 cm³/mol. The molecule has 1 N–H and O–H groups in total. The predicted octanol–water partition coefficient (Wildman–Crippen LogP) is 1.13. The van der Waals surface area contributed by atoms with Gasteiger partial charge < -0.3 is 14.8 Å². The normalized spacial score (nSPS) is 12.8. The van der Waals surface area contributed by atoms with Gasteiger partial charge in [-0.15, -0.1) is 0 Å². The SMILES string of the molecule is CC(C(=O)NCCN(C)C)n1c2ccccc2c2cnn(C)c(=O)c21. The van der Waals surface area contributed by atoms with Crippen molar-refractivity contribution in [1.29, 1.82) is 0 Å². The summed E-state index contributed by atoms with van der Waals surface area (Å²) in [5, 5.41) is 8.76. The molecule has 0 radical (unpaired) electrons. The summed E-state index contributed by atoms with van der Waals surface area (Å²) >= 11 is 0. The van der Waals surface area contributed by atoms with Crippen LogP contribution in [0.15, 0.2) is 35.3 Å². The van der Waals surface area contributed by atoms with Crippen molar-refractivity contribution in [3.8, 4) is 0 Å². The van der Waals surface area contributed by atoms with Gasteiger partial charge in [-0.3, -0.25) is 9.59 Å². The Morgan fingerprint density at radius 2 is 2.00 bits per heavy atom. The van der Waals surface area contributed by atoms with Crippen LogP contribution in [-0.4, -0.2) is 52.3 Å². The molecule has 1 unspecified atom stereocenters. The Balaban J connectivity index is 2.12. The highest BCUT2D eigenvalue weighted by molar-refractivity contribution is 6.08. The number of aryl methyl sites for hydroxylation is 1. The van der Waals surface area contributed by atoms with E-state index in [0.29, 0.717) is 12.1 Å². The molecule has 2 aromatic heterocycles. The van der Waals surface area contributed by atoms with Crippen LogP contribution in [0.3, 0.4) is 0 Å². The molecule has 25 heavy (non-hydrogen) atoms. The topological polar surface area (TPSA) is 72.2 Å². The summed E-state index contributed by atoms with van der Waals surface area (Å²) in [7, 11) is 5.53. The minimum absolute atomic E-state index is 0.108. The quantitative estimate of drug-likeness (QED) is 0.755. The Hall–Kier alpha value is -2.67. The second-order valence-corrected chi connectivity index (χ2v) is 6.49. The number of benzene rings is 1. The minimum atomic E-state index is -0.500. The van der Waals surface area contributed by atoms with Crippen LogP contribution in [0.5, 0.6) is 0 Å². The molecule has 7 nitrogen and oxygen atoms in total. The van der Waals surface area contributed by atoms with E-state index in [1.165, 1.54) is 4.68 Å². The first-order valence-electron chi connectivity index (χ1n) is 8.29. The van der Waals surface area contributed by atoms with Crippen molar-refractivity contribution in [2.75, 3.05) is 27.2 Å². The Bertz CT molecular complexity index is 986. The second kappa shape index (κ2) is 6.68. The van der Waals surface area contributed by atoms with Gasteiger partial charge in [0.05, 0.1) is 11.7 Å². The molecule has 0 aliphatic heterocycles. The molecule has 0 aliphatic carbocycles. The maximum atomic E-state index is 12.7. The number of hydrogen-bond acceptors (Lipinski definition) is 4. The lowest BCUT2D eigenvalue weighted by molar-refractivity contribution is -0.123. The molecular formula is C18H23N5O2. The van der Waals surface area contributed by atoms with E-state index in [2.05, 4.69) is 10.4 Å². The fourth-order valence-electron chi connectivity index (χ4n) is 3.06. The molecule has 1 aromatic carbocycles. The third-order valence-corrected chi connectivity index (χ3v) is 4.43. The van der Waals surface area contributed by atoms with Crippen molar-refractivity contribution in [3.05, 3.63) is 40.8 Å². The Morgan fingerprint density at radius 1 is 1.28 bits per heavy atom. The van der Waals surface area contributed by atoms with E-state index in [0.717, 1.165) is 22.8 Å². The molecule has 1 atom stereocenters. The number of fused-ring (bicyclic) bond motifs is 3. The van der Waals surface area contributed by atoms with Gasteiger partial charge >= 0.3 is 0 Å². The van der Waals surface area contributed by atoms with Crippen LogP contribution in [0.25, 0.3) is 21.8 Å². The largest absolute Gasteiger partial charge is 0.353 e. The van der Waals surface area contributed by atoms with Crippen molar-refractivity contribution >= 4 is 27.7 Å². The first-order valence-corrected chi connectivity index (χ1v) is 8.29. The van der Waals surface area contributed by atoms with Gasteiger partial charge in [-0.25, -0.2) is 4.68 Å². The number of aromatic nitrogens is 3. The molecule has 0 saturated heterocycles. The first kappa shape index (κ1) is 17.2. The number of nitrogens with one attached hydrogen (secondary N) is 1. The average molecular weight is 341 g/mol. The summed E-state index contributed by atoms with van der Waals surface area (Å²) < 4.78 is 3.12. The lowest BCUT2D eigenvalue weighted by Gasteiger charge is -2.17. The number of nitrogens with zero attached hydrogens (tertiary/aromatic N) is 4. The molecule has 2 heterocycles. The third-order valence-electron chi connectivity index (χ3n) is 4.43. The van der Waals surface area contributed by atoms with E-state index in [4.69, 9.17) is 0 Å². The number of rotatable bonds is 5. The maximum Gasteiger partial charge on any atom is 0.291 e. The molecular weight excluding hydrogens is 318 g/mol. The fourth-order valence-corrected chi connectivity index (χ4v) is 3.06. The monoisotopic (exact) mass is 341 g/mol. The van der Waals surface area contributed by atoms with Gasteiger partial charge in [0.15, 0.2) is 0 Å². The van der Waals surface area contributed by atoms with Gasteiger partial charge in [-0.1, -0.05) is 18.2 Å². The molecule has 3 rings (SSSR count). The summed E-state index contributed by atoms with van der Waals surface area (Å²) in [5.74, 6) is -0.108. The van der Waals surface area contributed by atoms with Gasteiger partial charge in [0.1, 0.15) is 11.6 Å². The number of amides is 1. The van der Waals surface area contributed by atoms with Crippen molar-refractivity contribution in [2.45, 2.75) is 13.0 Å². The van der Waals surface area contributed by atoms with Crippen molar-refractivity contribution in [2.24, 2.45) is 7.05 Å². The van der Waals surface area contributed by atoms with Crippen LogP contribution in [0.2, 0.25) is 0 Å². The zero-order chi connectivity index (χ0) is 18.1. The fraction of sp³-hybridized carbons (Fsp3) is 0.389.